The molecule has 2 heterocycles. The van der Waals surface area contributed by atoms with Crippen LogP contribution in [0.4, 0.5) is 4.39 Å². The van der Waals surface area contributed by atoms with Gasteiger partial charge in [0.1, 0.15) is 11.6 Å². The minimum absolute atomic E-state index is 0.0538. The van der Waals surface area contributed by atoms with E-state index in [2.05, 4.69) is 15.0 Å². The third-order valence-electron chi connectivity index (χ3n) is 5.99. The highest BCUT2D eigenvalue weighted by molar-refractivity contribution is 6.30. The molecule has 1 aliphatic rings. The fraction of sp³-hybridized carbons (Fsp3) is 0.400. The van der Waals surface area contributed by atoms with Gasteiger partial charge in [0.25, 0.3) is 0 Å². The van der Waals surface area contributed by atoms with Gasteiger partial charge in [0, 0.05) is 35.7 Å². The average Bonchev–Trinajstić information content (AvgIpc) is 3.30. The second kappa shape index (κ2) is 11.0. The molecule has 1 aliphatic heterocycles. The molecule has 0 saturated carbocycles. The number of halogens is 2. The first kappa shape index (κ1) is 24.2. The Morgan fingerprint density at radius 1 is 1.24 bits per heavy atom. The molecule has 0 spiro atoms. The molecule has 2 aromatic carbocycles. The quantitative estimate of drug-likeness (QED) is 0.455. The van der Waals surface area contributed by atoms with Crippen molar-refractivity contribution in [2.24, 2.45) is 5.92 Å². The fourth-order valence-electron chi connectivity index (χ4n) is 4.12. The molecule has 7 nitrogen and oxygen atoms in total. The second-order valence-corrected chi connectivity index (χ2v) is 8.89. The van der Waals surface area contributed by atoms with Gasteiger partial charge in [-0.25, -0.2) is 4.39 Å². The zero-order valence-electron chi connectivity index (χ0n) is 19.3. The maximum atomic E-state index is 14.1. The SMILES string of the molecule is CCOc1ccc(-c2noc(CN(C)C(=O)C3CCN(Cc4ccc(Cl)cc4F)CC3)n2)cc1. The molecule has 1 fully saturated rings. The highest BCUT2D eigenvalue weighted by Gasteiger charge is 2.28. The van der Waals surface area contributed by atoms with Gasteiger partial charge in [-0.05, 0) is 69.3 Å². The molecule has 1 saturated heterocycles. The zero-order valence-corrected chi connectivity index (χ0v) is 20.1. The summed E-state index contributed by atoms with van der Waals surface area (Å²) >= 11 is 5.83. The Kier molecular flexibility index (Phi) is 7.80. The smallest absolute Gasteiger partial charge is 0.246 e. The first-order valence-electron chi connectivity index (χ1n) is 11.4. The zero-order chi connectivity index (χ0) is 24.1. The summed E-state index contributed by atoms with van der Waals surface area (Å²) < 4.78 is 24.9. The summed E-state index contributed by atoms with van der Waals surface area (Å²) in [7, 11) is 1.75. The van der Waals surface area contributed by atoms with Gasteiger partial charge in [0.2, 0.25) is 17.6 Å². The van der Waals surface area contributed by atoms with Gasteiger partial charge in [-0.3, -0.25) is 9.69 Å². The lowest BCUT2D eigenvalue weighted by molar-refractivity contribution is -0.136. The third kappa shape index (κ3) is 5.93. The molecule has 4 rings (SSSR count). The Balaban J connectivity index is 1.28. The second-order valence-electron chi connectivity index (χ2n) is 8.45. The van der Waals surface area contributed by atoms with E-state index in [1.165, 1.54) is 6.07 Å². The monoisotopic (exact) mass is 486 g/mol. The molecule has 0 aliphatic carbocycles. The minimum atomic E-state index is -0.297. The van der Waals surface area contributed by atoms with Crippen molar-refractivity contribution in [3.05, 3.63) is 64.8 Å². The molecule has 0 unspecified atom stereocenters. The standard InChI is InChI=1S/C25H28ClFN4O3/c1-3-33-21-8-5-17(6-9-21)24-28-23(34-29-24)16-30(2)25(32)18-10-12-31(13-11-18)15-19-4-7-20(26)14-22(19)27/h4-9,14,18H,3,10-13,15-16H2,1-2H3. The van der Waals surface area contributed by atoms with Crippen LogP contribution in [0.1, 0.15) is 31.2 Å². The number of piperidine rings is 1. The summed E-state index contributed by atoms with van der Waals surface area (Å²) in [6, 6.07) is 12.2. The van der Waals surface area contributed by atoms with Crippen molar-refractivity contribution in [2.75, 3.05) is 26.7 Å². The van der Waals surface area contributed by atoms with E-state index in [0.29, 0.717) is 35.5 Å². The Bertz CT molecular complexity index is 1110. The van der Waals surface area contributed by atoms with Crippen molar-refractivity contribution < 1.29 is 18.4 Å². The molecule has 0 radical (unpaired) electrons. The normalized spacial score (nSPS) is 14.8. The van der Waals surface area contributed by atoms with Gasteiger partial charge in [0.05, 0.1) is 13.2 Å². The van der Waals surface area contributed by atoms with Crippen LogP contribution < -0.4 is 4.74 Å². The summed E-state index contributed by atoms with van der Waals surface area (Å²) in [5.41, 5.74) is 1.43. The van der Waals surface area contributed by atoms with E-state index in [0.717, 1.165) is 37.2 Å². The van der Waals surface area contributed by atoms with E-state index in [4.69, 9.17) is 20.9 Å². The first-order chi connectivity index (χ1) is 16.4. The Morgan fingerprint density at radius 3 is 2.65 bits per heavy atom. The van der Waals surface area contributed by atoms with E-state index in [-0.39, 0.29) is 24.2 Å². The van der Waals surface area contributed by atoms with Crippen LogP contribution in [0.3, 0.4) is 0 Å². The third-order valence-corrected chi connectivity index (χ3v) is 6.22. The van der Waals surface area contributed by atoms with E-state index in [1.54, 1.807) is 24.1 Å². The number of aromatic nitrogens is 2. The number of amides is 1. The van der Waals surface area contributed by atoms with E-state index in [1.807, 2.05) is 31.2 Å². The van der Waals surface area contributed by atoms with Gasteiger partial charge in [0.15, 0.2) is 0 Å². The number of carbonyl (C=O) groups is 1. The lowest BCUT2D eigenvalue weighted by atomic mass is 9.95. The van der Waals surface area contributed by atoms with E-state index >= 15 is 0 Å². The van der Waals surface area contributed by atoms with Crippen LogP contribution >= 0.6 is 11.6 Å². The number of ether oxygens (including phenoxy) is 1. The maximum Gasteiger partial charge on any atom is 0.246 e. The minimum Gasteiger partial charge on any atom is -0.494 e. The van der Waals surface area contributed by atoms with Crippen molar-refractivity contribution in [1.29, 1.82) is 0 Å². The molecule has 9 heteroatoms. The van der Waals surface area contributed by atoms with Crippen LogP contribution in [0.5, 0.6) is 5.75 Å². The van der Waals surface area contributed by atoms with Crippen molar-refractivity contribution in [1.82, 2.24) is 19.9 Å². The predicted molar refractivity (Wildman–Crippen MR) is 127 cm³/mol. The van der Waals surface area contributed by atoms with Crippen LogP contribution in [0, 0.1) is 11.7 Å². The summed E-state index contributed by atoms with van der Waals surface area (Å²) in [5, 5.41) is 4.43. The Labute approximate surface area is 203 Å². The summed E-state index contributed by atoms with van der Waals surface area (Å²) in [6.07, 6.45) is 1.44. The fourth-order valence-corrected chi connectivity index (χ4v) is 4.28. The molecule has 1 amide bonds. The molecule has 1 aromatic heterocycles. The molecule has 0 atom stereocenters. The van der Waals surface area contributed by atoms with Crippen LogP contribution in [0.2, 0.25) is 5.02 Å². The Morgan fingerprint density at radius 2 is 1.97 bits per heavy atom. The number of benzene rings is 2. The van der Waals surface area contributed by atoms with Gasteiger partial charge in [-0.1, -0.05) is 22.8 Å². The van der Waals surface area contributed by atoms with Gasteiger partial charge in [-0.15, -0.1) is 0 Å². The molecule has 0 bridgehead atoms. The van der Waals surface area contributed by atoms with Crippen LogP contribution in [-0.4, -0.2) is 52.6 Å². The highest BCUT2D eigenvalue weighted by atomic mass is 35.5. The van der Waals surface area contributed by atoms with Crippen LogP contribution in [0.25, 0.3) is 11.4 Å². The number of likely N-dealkylation sites (tertiary alicyclic amines) is 1. The van der Waals surface area contributed by atoms with Crippen molar-refractivity contribution >= 4 is 17.5 Å². The lowest BCUT2D eigenvalue weighted by Crippen LogP contribution is -2.40. The molecular formula is C25H28ClFN4O3. The number of hydrogen-bond donors (Lipinski definition) is 0. The molecular weight excluding hydrogens is 459 g/mol. The number of nitrogens with zero attached hydrogens (tertiary/aromatic N) is 4. The topological polar surface area (TPSA) is 71.7 Å². The number of hydrogen-bond acceptors (Lipinski definition) is 6. The maximum absolute atomic E-state index is 14.1. The molecule has 34 heavy (non-hydrogen) atoms. The van der Waals surface area contributed by atoms with Crippen molar-refractivity contribution in [2.45, 2.75) is 32.9 Å². The predicted octanol–water partition coefficient (Wildman–Crippen LogP) is 4.80. The van der Waals surface area contributed by atoms with E-state index in [9.17, 15) is 9.18 Å². The van der Waals surface area contributed by atoms with Crippen molar-refractivity contribution in [3.8, 4) is 17.1 Å². The molecule has 3 aromatic rings. The first-order valence-corrected chi connectivity index (χ1v) is 11.8. The van der Waals surface area contributed by atoms with Crippen molar-refractivity contribution in [3.63, 3.8) is 0 Å². The summed E-state index contributed by atoms with van der Waals surface area (Å²) in [5.74, 6) is 1.32. The summed E-state index contributed by atoms with van der Waals surface area (Å²) in [6.45, 7) is 4.76. The molecule has 0 N–H and O–H groups in total. The average molecular weight is 487 g/mol. The summed E-state index contributed by atoms with van der Waals surface area (Å²) in [4.78, 5) is 21.2. The van der Waals surface area contributed by atoms with Gasteiger partial charge in [-0.2, -0.15) is 4.98 Å². The van der Waals surface area contributed by atoms with E-state index < -0.39 is 0 Å². The van der Waals surface area contributed by atoms with Gasteiger partial charge < -0.3 is 14.2 Å². The lowest BCUT2D eigenvalue weighted by Gasteiger charge is -2.33. The van der Waals surface area contributed by atoms with Crippen LogP contribution in [0.15, 0.2) is 47.0 Å². The van der Waals surface area contributed by atoms with Crippen LogP contribution in [-0.2, 0) is 17.9 Å². The largest absolute Gasteiger partial charge is 0.494 e. The molecule has 180 valence electrons. The number of rotatable bonds is 8. The number of carbonyl (C=O) groups excluding carboxylic acids is 1. The van der Waals surface area contributed by atoms with Gasteiger partial charge >= 0.3 is 0 Å². The highest BCUT2D eigenvalue weighted by Crippen LogP contribution is 2.24. The Hall–Kier alpha value is -2.97.